The van der Waals surface area contributed by atoms with E-state index in [4.69, 9.17) is 5.11 Å². The van der Waals surface area contributed by atoms with Crippen molar-refractivity contribution in [2.45, 2.75) is 53.0 Å². The lowest BCUT2D eigenvalue weighted by atomic mass is 9.88. The van der Waals surface area contributed by atoms with Crippen LogP contribution in [0.15, 0.2) is 0 Å². The highest BCUT2D eigenvalue weighted by Crippen LogP contribution is 2.25. The number of piperidine rings is 1. The summed E-state index contributed by atoms with van der Waals surface area (Å²) in [5.74, 6) is 0.0642. The molecule has 1 heterocycles. The Hall–Kier alpha value is -0.570. The first-order chi connectivity index (χ1) is 7.33. The Morgan fingerprint density at radius 2 is 2.00 bits per heavy atom. The second-order valence-corrected chi connectivity index (χ2v) is 5.97. The van der Waals surface area contributed by atoms with Crippen LogP contribution in [-0.4, -0.2) is 35.1 Å². The first kappa shape index (κ1) is 13.5. The van der Waals surface area contributed by atoms with E-state index >= 15 is 0 Å². The van der Waals surface area contributed by atoms with Crippen molar-refractivity contribution in [3.63, 3.8) is 0 Å². The topological polar surface area (TPSA) is 40.5 Å². The number of hydrogen-bond acceptors (Lipinski definition) is 2. The number of carbonyl (C=O) groups is 1. The van der Waals surface area contributed by atoms with Crippen molar-refractivity contribution in [3.8, 4) is 0 Å². The molecular formula is C13H25NO2. The van der Waals surface area contributed by atoms with Crippen molar-refractivity contribution in [3.05, 3.63) is 0 Å². The molecule has 1 saturated heterocycles. The summed E-state index contributed by atoms with van der Waals surface area (Å²) in [7, 11) is 0. The molecule has 0 amide bonds. The summed E-state index contributed by atoms with van der Waals surface area (Å²) in [6.45, 7) is 10.2. The molecule has 0 radical (unpaired) electrons. The van der Waals surface area contributed by atoms with Crippen LogP contribution in [0.2, 0.25) is 0 Å². The van der Waals surface area contributed by atoms with Gasteiger partial charge >= 0.3 is 5.97 Å². The summed E-state index contributed by atoms with van der Waals surface area (Å²) < 4.78 is 0. The second kappa shape index (κ2) is 5.17. The van der Waals surface area contributed by atoms with Crippen LogP contribution in [0, 0.1) is 11.3 Å². The Bertz CT molecular complexity index is 250. The van der Waals surface area contributed by atoms with Crippen molar-refractivity contribution in [2.75, 3.05) is 13.1 Å². The normalized spacial score (nSPS) is 28.0. The van der Waals surface area contributed by atoms with E-state index in [2.05, 4.69) is 18.7 Å². The maximum Gasteiger partial charge on any atom is 0.309 e. The summed E-state index contributed by atoms with van der Waals surface area (Å²) in [5.41, 5.74) is -0.597. The first-order valence-electron chi connectivity index (χ1n) is 6.30. The van der Waals surface area contributed by atoms with E-state index in [-0.39, 0.29) is 0 Å². The van der Waals surface area contributed by atoms with Gasteiger partial charge in [0, 0.05) is 12.6 Å². The lowest BCUT2D eigenvalue weighted by Crippen LogP contribution is -2.43. The van der Waals surface area contributed by atoms with Crippen LogP contribution in [0.1, 0.15) is 47.0 Å². The molecular weight excluding hydrogens is 202 g/mol. The van der Waals surface area contributed by atoms with Gasteiger partial charge < -0.3 is 10.0 Å². The largest absolute Gasteiger partial charge is 0.481 e. The Labute approximate surface area is 98.8 Å². The number of carboxylic acids is 1. The molecule has 0 aliphatic carbocycles. The summed E-state index contributed by atoms with van der Waals surface area (Å²) in [6.07, 6.45) is 3.29. The Balaban J connectivity index is 2.44. The van der Waals surface area contributed by atoms with Crippen molar-refractivity contribution < 1.29 is 9.90 Å². The molecule has 0 spiro atoms. The molecule has 94 valence electrons. The highest BCUT2D eigenvalue weighted by molar-refractivity contribution is 5.73. The van der Waals surface area contributed by atoms with Crippen LogP contribution >= 0.6 is 0 Å². The van der Waals surface area contributed by atoms with Gasteiger partial charge in [-0.1, -0.05) is 6.92 Å². The molecule has 0 bridgehead atoms. The van der Waals surface area contributed by atoms with Gasteiger partial charge in [-0.15, -0.1) is 0 Å². The summed E-state index contributed by atoms with van der Waals surface area (Å²) in [5, 5.41) is 9.07. The zero-order valence-electron chi connectivity index (χ0n) is 11.0. The highest BCUT2D eigenvalue weighted by Gasteiger charge is 2.29. The van der Waals surface area contributed by atoms with Gasteiger partial charge in [0.15, 0.2) is 0 Å². The van der Waals surface area contributed by atoms with E-state index < -0.39 is 11.4 Å². The molecule has 0 saturated carbocycles. The Kier molecular flexibility index (Phi) is 4.36. The fourth-order valence-corrected chi connectivity index (χ4v) is 2.22. The van der Waals surface area contributed by atoms with E-state index in [0.717, 1.165) is 25.4 Å². The van der Waals surface area contributed by atoms with Crippen LogP contribution in [0.4, 0.5) is 0 Å². The monoisotopic (exact) mass is 227 g/mol. The molecule has 16 heavy (non-hydrogen) atoms. The maximum absolute atomic E-state index is 11.0. The van der Waals surface area contributed by atoms with E-state index in [0.29, 0.717) is 6.04 Å². The van der Waals surface area contributed by atoms with Gasteiger partial charge in [0.2, 0.25) is 0 Å². The van der Waals surface area contributed by atoms with Crippen LogP contribution < -0.4 is 0 Å². The van der Waals surface area contributed by atoms with Crippen LogP contribution in [0.3, 0.4) is 0 Å². The van der Waals surface area contributed by atoms with E-state index in [9.17, 15) is 4.79 Å². The molecule has 1 rings (SSSR count). The van der Waals surface area contributed by atoms with Crippen LogP contribution in [0.25, 0.3) is 0 Å². The molecule has 0 aromatic rings. The van der Waals surface area contributed by atoms with Crippen molar-refractivity contribution in [1.29, 1.82) is 0 Å². The van der Waals surface area contributed by atoms with Gasteiger partial charge in [-0.2, -0.15) is 0 Å². The Morgan fingerprint density at radius 1 is 1.38 bits per heavy atom. The van der Waals surface area contributed by atoms with Crippen molar-refractivity contribution in [1.82, 2.24) is 4.90 Å². The third kappa shape index (κ3) is 3.48. The summed E-state index contributed by atoms with van der Waals surface area (Å²) >= 11 is 0. The highest BCUT2D eigenvalue weighted by atomic mass is 16.4. The van der Waals surface area contributed by atoms with Gasteiger partial charge in [0.1, 0.15) is 0 Å². The van der Waals surface area contributed by atoms with E-state index in [1.54, 1.807) is 0 Å². The molecule has 3 nitrogen and oxygen atoms in total. The SMILES string of the molecule is CC1CCC(C)N(CCC(C)(C)C(=O)O)C1. The molecule has 1 aliphatic heterocycles. The smallest absolute Gasteiger partial charge is 0.309 e. The van der Waals surface area contributed by atoms with Gasteiger partial charge in [0.05, 0.1) is 5.41 Å². The molecule has 2 atom stereocenters. The quantitative estimate of drug-likeness (QED) is 0.802. The number of rotatable bonds is 4. The maximum atomic E-state index is 11.0. The fourth-order valence-electron chi connectivity index (χ4n) is 2.22. The third-order valence-electron chi connectivity index (χ3n) is 3.85. The lowest BCUT2D eigenvalue weighted by molar-refractivity contribution is -0.147. The molecule has 0 aromatic heterocycles. The zero-order valence-corrected chi connectivity index (χ0v) is 11.0. The predicted molar refractivity (Wildman–Crippen MR) is 65.5 cm³/mol. The lowest BCUT2D eigenvalue weighted by Gasteiger charge is -2.38. The summed E-state index contributed by atoms with van der Waals surface area (Å²) in [6, 6.07) is 0.612. The van der Waals surface area contributed by atoms with Crippen LogP contribution in [0.5, 0.6) is 0 Å². The molecule has 0 aromatic carbocycles. The Morgan fingerprint density at radius 3 is 2.56 bits per heavy atom. The van der Waals surface area contributed by atoms with Gasteiger partial charge in [0.25, 0.3) is 0 Å². The van der Waals surface area contributed by atoms with E-state index in [1.807, 2.05) is 13.8 Å². The standard InChI is InChI=1S/C13H25NO2/c1-10-5-6-11(2)14(9-10)8-7-13(3,4)12(15)16/h10-11H,5-9H2,1-4H3,(H,15,16). The minimum absolute atomic E-state index is 0.597. The number of hydrogen-bond donors (Lipinski definition) is 1. The molecule has 1 fully saturated rings. The summed E-state index contributed by atoms with van der Waals surface area (Å²) in [4.78, 5) is 13.5. The minimum Gasteiger partial charge on any atom is -0.481 e. The number of likely N-dealkylation sites (tertiary alicyclic amines) is 1. The van der Waals surface area contributed by atoms with Crippen molar-refractivity contribution in [2.24, 2.45) is 11.3 Å². The predicted octanol–water partition coefficient (Wildman–Crippen LogP) is 2.61. The minimum atomic E-state index is -0.690. The second-order valence-electron chi connectivity index (χ2n) is 5.97. The number of nitrogens with zero attached hydrogens (tertiary/aromatic N) is 1. The molecule has 1 N–H and O–H groups in total. The average Bonchev–Trinajstić information content (AvgIpc) is 2.19. The van der Waals surface area contributed by atoms with Crippen molar-refractivity contribution >= 4 is 5.97 Å². The third-order valence-corrected chi connectivity index (χ3v) is 3.85. The first-order valence-corrected chi connectivity index (χ1v) is 6.30. The number of carboxylic acid groups (broad SMARTS) is 1. The average molecular weight is 227 g/mol. The molecule has 3 heteroatoms. The van der Waals surface area contributed by atoms with Crippen LogP contribution in [-0.2, 0) is 4.79 Å². The molecule has 2 unspecified atom stereocenters. The van der Waals surface area contributed by atoms with E-state index in [1.165, 1.54) is 12.8 Å². The molecule has 1 aliphatic rings. The van der Waals surface area contributed by atoms with Gasteiger partial charge in [-0.25, -0.2) is 0 Å². The zero-order chi connectivity index (χ0) is 12.3. The van der Waals surface area contributed by atoms with Gasteiger partial charge in [-0.3, -0.25) is 4.79 Å². The fraction of sp³-hybridized carbons (Fsp3) is 0.923. The number of aliphatic carboxylic acids is 1. The van der Waals surface area contributed by atoms with Gasteiger partial charge in [-0.05, 0) is 52.5 Å².